The standard InChI is InChI=1S/C25H41N3O5/c1-15(2)20(27-24(32)33-25(7,8)9)23(31)28(13-14-29)21(22(30)26-16(3)4)19-17(5)11-10-12-18(19)6/h10-12,15-16,20-21,29H,13-14H2,1-9H3,(H,26,30)(H,27,32). The van der Waals surface area contributed by atoms with Gasteiger partial charge >= 0.3 is 6.09 Å². The van der Waals surface area contributed by atoms with Crippen LogP contribution in [0.5, 0.6) is 0 Å². The van der Waals surface area contributed by atoms with Gasteiger partial charge in [0, 0.05) is 12.6 Å². The summed E-state index contributed by atoms with van der Waals surface area (Å²) in [6.45, 7) is 15.9. The van der Waals surface area contributed by atoms with E-state index in [0.29, 0.717) is 5.56 Å². The zero-order valence-electron chi connectivity index (χ0n) is 21.5. The van der Waals surface area contributed by atoms with Crippen LogP contribution in [0, 0.1) is 19.8 Å². The van der Waals surface area contributed by atoms with Gasteiger partial charge in [0.15, 0.2) is 0 Å². The maximum atomic E-state index is 13.8. The average Bonchev–Trinajstić information content (AvgIpc) is 2.65. The number of aliphatic hydroxyl groups is 1. The van der Waals surface area contributed by atoms with Gasteiger partial charge in [0.05, 0.1) is 6.61 Å². The van der Waals surface area contributed by atoms with E-state index in [-0.39, 0.29) is 31.0 Å². The van der Waals surface area contributed by atoms with Gasteiger partial charge < -0.3 is 25.4 Å². The number of carbonyl (C=O) groups excluding carboxylic acids is 3. The summed E-state index contributed by atoms with van der Waals surface area (Å²) in [5, 5.41) is 15.4. The monoisotopic (exact) mass is 463 g/mol. The molecule has 3 N–H and O–H groups in total. The smallest absolute Gasteiger partial charge is 0.408 e. The Morgan fingerprint density at radius 3 is 2.00 bits per heavy atom. The summed E-state index contributed by atoms with van der Waals surface area (Å²) < 4.78 is 5.34. The molecule has 1 aromatic carbocycles. The number of aliphatic hydroxyl groups excluding tert-OH is 1. The molecule has 0 aliphatic heterocycles. The molecule has 33 heavy (non-hydrogen) atoms. The van der Waals surface area contributed by atoms with E-state index in [1.54, 1.807) is 34.6 Å². The second-order valence-electron chi connectivity index (χ2n) is 9.99. The zero-order valence-corrected chi connectivity index (χ0v) is 21.5. The minimum absolute atomic E-state index is 0.0675. The lowest BCUT2D eigenvalue weighted by Crippen LogP contribution is -2.56. The highest BCUT2D eigenvalue weighted by Crippen LogP contribution is 2.29. The first-order valence-corrected chi connectivity index (χ1v) is 11.5. The fraction of sp³-hybridized carbons (Fsp3) is 0.640. The van der Waals surface area contributed by atoms with Gasteiger partial charge in [0.1, 0.15) is 17.7 Å². The number of nitrogens with one attached hydrogen (secondary N) is 2. The van der Waals surface area contributed by atoms with E-state index in [4.69, 9.17) is 4.74 Å². The fourth-order valence-electron chi connectivity index (χ4n) is 3.65. The van der Waals surface area contributed by atoms with E-state index in [0.717, 1.165) is 11.1 Å². The molecule has 1 aromatic rings. The normalized spacial score (nSPS) is 13.5. The largest absolute Gasteiger partial charge is 0.444 e. The Morgan fingerprint density at radius 2 is 1.58 bits per heavy atom. The number of ether oxygens (including phenoxy) is 1. The second kappa shape index (κ2) is 12.0. The van der Waals surface area contributed by atoms with Gasteiger partial charge in [-0.25, -0.2) is 4.79 Å². The summed E-state index contributed by atoms with van der Waals surface area (Å²) in [5.41, 5.74) is 1.70. The van der Waals surface area contributed by atoms with Gasteiger partial charge in [0.25, 0.3) is 0 Å². The van der Waals surface area contributed by atoms with Gasteiger partial charge in [-0.1, -0.05) is 32.0 Å². The Bertz CT molecular complexity index is 810. The van der Waals surface area contributed by atoms with Crippen LogP contribution in [0.15, 0.2) is 18.2 Å². The lowest BCUT2D eigenvalue weighted by atomic mass is 9.92. The zero-order chi connectivity index (χ0) is 25.5. The van der Waals surface area contributed by atoms with Crippen molar-refractivity contribution in [1.82, 2.24) is 15.5 Å². The molecule has 0 spiro atoms. The molecule has 8 heteroatoms. The van der Waals surface area contributed by atoms with Crippen molar-refractivity contribution in [3.05, 3.63) is 34.9 Å². The Morgan fingerprint density at radius 1 is 1.03 bits per heavy atom. The van der Waals surface area contributed by atoms with Crippen LogP contribution in [0.25, 0.3) is 0 Å². The molecule has 0 aliphatic carbocycles. The molecule has 0 fully saturated rings. The molecule has 0 saturated heterocycles. The van der Waals surface area contributed by atoms with Crippen molar-refractivity contribution in [2.75, 3.05) is 13.2 Å². The predicted octanol–water partition coefficient (Wildman–Crippen LogP) is 3.24. The van der Waals surface area contributed by atoms with Crippen molar-refractivity contribution in [2.45, 2.75) is 86.0 Å². The molecule has 2 unspecified atom stereocenters. The van der Waals surface area contributed by atoms with Crippen molar-refractivity contribution in [3.8, 4) is 0 Å². The van der Waals surface area contributed by atoms with E-state index < -0.39 is 29.7 Å². The first-order chi connectivity index (χ1) is 15.2. The van der Waals surface area contributed by atoms with Crippen LogP contribution in [-0.2, 0) is 14.3 Å². The van der Waals surface area contributed by atoms with Gasteiger partial charge in [0.2, 0.25) is 11.8 Å². The maximum Gasteiger partial charge on any atom is 0.408 e. The van der Waals surface area contributed by atoms with E-state index in [9.17, 15) is 19.5 Å². The highest BCUT2D eigenvalue weighted by Gasteiger charge is 2.38. The third-order valence-electron chi connectivity index (χ3n) is 5.04. The number of hydrogen-bond donors (Lipinski definition) is 3. The molecule has 0 bridgehead atoms. The molecule has 0 saturated carbocycles. The molecule has 0 radical (unpaired) electrons. The van der Waals surface area contributed by atoms with Crippen molar-refractivity contribution < 1.29 is 24.2 Å². The average molecular weight is 464 g/mol. The van der Waals surface area contributed by atoms with E-state index in [1.165, 1.54) is 4.90 Å². The van der Waals surface area contributed by atoms with Crippen LogP contribution in [0.1, 0.15) is 71.2 Å². The molecule has 186 valence electrons. The minimum atomic E-state index is -0.963. The quantitative estimate of drug-likeness (QED) is 0.521. The minimum Gasteiger partial charge on any atom is -0.444 e. The first-order valence-electron chi connectivity index (χ1n) is 11.5. The summed E-state index contributed by atoms with van der Waals surface area (Å²) in [6, 6.07) is 3.62. The molecule has 8 nitrogen and oxygen atoms in total. The Labute approximate surface area is 198 Å². The number of carbonyl (C=O) groups is 3. The molecule has 0 aromatic heterocycles. The predicted molar refractivity (Wildman–Crippen MR) is 129 cm³/mol. The van der Waals surface area contributed by atoms with Crippen LogP contribution in [0.4, 0.5) is 4.79 Å². The van der Waals surface area contributed by atoms with Crippen LogP contribution in [-0.4, -0.2) is 58.8 Å². The highest BCUT2D eigenvalue weighted by atomic mass is 16.6. The second-order valence-corrected chi connectivity index (χ2v) is 9.99. The highest BCUT2D eigenvalue weighted by molar-refractivity contribution is 5.92. The molecule has 3 amide bonds. The molecular weight excluding hydrogens is 422 g/mol. The molecule has 2 atom stereocenters. The Balaban J connectivity index is 3.50. The van der Waals surface area contributed by atoms with Gasteiger partial charge in [-0.2, -0.15) is 0 Å². The first kappa shape index (κ1) is 28.4. The number of hydrogen-bond acceptors (Lipinski definition) is 5. The number of benzene rings is 1. The number of rotatable bonds is 9. The summed E-state index contributed by atoms with van der Waals surface area (Å²) in [6.07, 6.45) is -0.714. The van der Waals surface area contributed by atoms with Crippen molar-refractivity contribution >= 4 is 17.9 Å². The maximum absolute atomic E-state index is 13.8. The number of alkyl carbamates (subject to hydrolysis) is 1. The molecule has 0 aliphatic rings. The SMILES string of the molecule is Cc1cccc(C)c1C(C(=O)NC(C)C)N(CCO)C(=O)C(NC(=O)OC(C)(C)C)C(C)C. The summed E-state index contributed by atoms with van der Waals surface area (Å²) >= 11 is 0. The van der Waals surface area contributed by atoms with Crippen molar-refractivity contribution in [1.29, 1.82) is 0 Å². The van der Waals surface area contributed by atoms with Crippen LogP contribution < -0.4 is 10.6 Å². The lowest BCUT2D eigenvalue weighted by molar-refractivity contribution is -0.144. The molecule has 1 rings (SSSR count). The van der Waals surface area contributed by atoms with E-state index in [1.807, 2.05) is 45.9 Å². The van der Waals surface area contributed by atoms with Crippen LogP contribution in [0.2, 0.25) is 0 Å². The third-order valence-corrected chi connectivity index (χ3v) is 5.04. The lowest BCUT2D eigenvalue weighted by Gasteiger charge is -2.36. The number of aryl methyl sites for hydroxylation is 2. The molecule has 0 heterocycles. The summed E-state index contributed by atoms with van der Waals surface area (Å²) in [4.78, 5) is 41.0. The fourth-order valence-corrected chi connectivity index (χ4v) is 3.65. The van der Waals surface area contributed by atoms with Crippen molar-refractivity contribution in [2.24, 2.45) is 5.92 Å². The van der Waals surface area contributed by atoms with Gasteiger partial charge in [-0.05, 0) is 71.1 Å². The Kier molecular flexibility index (Phi) is 10.4. The molecular formula is C25H41N3O5. The number of amides is 3. The van der Waals surface area contributed by atoms with E-state index >= 15 is 0 Å². The van der Waals surface area contributed by atoms with Gasteiger partial charge in [-0.3, -0.25) is 9.59 Å². The van der Waals surface area contributed by atoms with Crippen LogP contribution >= 0.6 is 0 Å². The Hall–Kier alpha value is -2.61. The van der Waals surface area contributed by atoms with Crippen molar-refractivity contribution in [3.63, 3.8) is 0 Å². The van der Waals surface area contributed by atoms with E-state index in [2.05, 4.69) is 10.6 Å². The number of nitrogens with zero attached hydrogens (tertiary/aromatic N) is 1. The van der Waals surface area contributed by atoms with Crippen LogP contribution in [0.3, 0.4) is 0 Å². The summed E-state index contributed by atoms with van der Waals surface area (Å²) in [5.74, 6) is -1.08. The third kappa shape index (κ3) is 8.35. The topological polar surface area (TPSA) is 108 Å². The summed E-state index contributed by atoms with van der Waals surface area (Å²) in [7, 11) is 0. The van der Waals surface area contributed by atoms with Gasteiger partial charge in [-0.15, -0.1) is 0 Å².